The average Bonchev–Trinajstić information content (AvgIpc) is 3.48. The molecule has 0 saturated heterocycles. The number of halogens is 1. The lowest BCUT2D eigenvalue weighted by atomic mass is 9.81. The minimum atomic E-state index is -0.705. The molecule has 1 fully saturated rings. The second-order valence-corrected chi connectivity index (χ2v) is 11.7. The first-order chi connectivity index (χ1) is 17.5. The van der Waals surface area contributed by atoms with E-state index in [0.717, 1.165) is 46.4 Å². The molecule has 4 nitrogen and oxygen atoms in total. The minimum absolute atomic E-state index is 0.206. The summed E-state index contributed by atoms with van der Waals surface area (Å²) in [6.45, 7) is 8.65. The van der Waals surface area contributed by atoms with Gasteiger partial charge in [0, 0.05) is 18.1 Å². The number of aryl methyl sites for hydroxylation is 2. The number of carbonyl (C=O) groups is 1. The summed E-state index contributed by atoms with van der Waals surface area (Å²) < 4.78 is 27.1. The van der Waals surface area contributed by atoms with Crippen molar-refractivity contribution in [3.05, 3.63) is 88.2 Å². The van der Waals surface area contributed by atoms with Crippen molar-refractivity contribution in [2.75, 3.05) is 7.11 Å². The zero-order chi connectivity index (χ0) is 26.5. The van der Waals surface area contributed by atoms with E-state index in [4.69, 9.17) is 9.47 Å². The largest absolute Gasteiger partial charge is 0.489 e. The Morgan fingerprint density at radius 2 is 1.89 bits per heavy atom. The lowest BCUT2D eigenvalue weighted by Gasteiger charge is -2.32. The van der Waals surface area contributed by atoms with Crippen LogP contribution in [0.2, 0.25) is 0 Å². The summed E-state index contributed by atoms with van der Waals surface area (Å²) in [5.41, 5.74) is 6.21. The molecular formula is C32H35FO4. The highest BCUT2D eigenvalue weighted by Crippen LogP contribution is 2.62. The molecule has 2 aliphatic rings. The van der Waals surface area contributed by atoms with E-state index in [9.17, 15) is 14.3 Å². The van der Waals surface area contributed by atoms with Gasteiger partial charge in [0.2, 0.25) is 0 Å². The summed E-state index contributed by atoms with van der Waals surface area (Å²) in [7, 11) is 1.69. The summed E-state index contributed by atoms with van der Waals surface area (Å²) in [5, 5.41) is 9.55. The van der Waals surface area contributed by atoms with E-state index in [1.165, 1.54) is 11.6 Å². The van der Waals surface area contributed by atoms with Crippen molar-refractivity contribution in [2.24, 2.45) is 11.3 Å². The molecule has 37 heavy (non-hydrogen) atoms. The molecule has 1 saturated carbocycles. The fourth-order valence-electron chi connectivity index (χ4n) is 6.15. The maximum atomic E-state index is 14.9. The summed E-state index contributed by atoms with van der Waals surface area (Å²) in [5.74, 6) is -0.509. The fourth-order valence-corrected chi connectivity index (χ4v) is 6.15. The molecule has 0 radical (unpaired) electrons. The third-order valence-corrected chi connectivity index (χ3v) is 8.07. The van der Waals surface area contributed by atoms with Gasteiger partial charge in [0.1, 0.15) is 18.2 Å². The summed E-state index contributed by atoms with van der Waals surface area (Å²) in [4.78, 5) is 11.6. The van der Waals surface area contributed by atoms with Crippen molar-refractivity contribution in [3.8, 4) is 16.9 Å². The molecule has 0 unspecified atom stereocenters. The van der Waals surface area contributed by atoms with Gasteiger partial charge in [-0.1, -0.05) is 50.6 Å². The summed E-state index contributed by atoms with van der Waals surface area (Å²) in [6, 6.07) is 17.3. The van der Waals surface area contributed by atoms with Crippen LogP contribution >= 0.6 is 0 Å². The third kappa shape index (κ3) is 4.66. The van der Waals surface area contributed by atoms with E-state index < -0.39 is 5.97 Å². The number of rotatable bonds is 7. The van der Waals surface area contributed by atoms with Gasteiger partial charge in [-0.25, -0.2) is 4.39 Å². The number of benzene rings is 3. The van der Waals surface area contributed by atoms with Crippen LogP contribution in [-0.4, -0.2) is 18.2 Å². The highest BCUT2D eigenvalue weighted by Gasteiger charge is 2.61. The van der Waals surface area contributed by atoms with Crippen LogP contribution in [0.5, 0.6) is 5.75 Å². The van der Waals surface area contributed by atoms with Gasteiger partial charge < -0.3 is 14.6 Å². The van der Waals surface area contributed by atoms with Crippen molar-refractivity contribution in [2.45, 2.75) is 65.1 Å². The van der Waals surface area contributed by atoms with Gasteiger partial charge >= 0.3 is 5.97 Å². The monoisotopic (exact) mass is 502 g/mol. The van der Waals surface area contributed by atoms with Crippen molar-refractivity contribution < 1.29 is 23.8 Å². The SMILES string of the molecule is CO[C@H](c1cc(COc2ccc3c(c2)[C@]2(CC3)C[C@H]2C(=O)O)ccc1-c1cc(C)ccc1F)C(C)(C)C. The Balaban J connectivity index is 1.45. The van der Waals surface area contributed by atoms with Crippen LogP contribution in [0.1, 0.15) is 67.5 Å². The number of hydrogen-bond acceptors (Lipinski definition) is 3. The average molecular weight is 503 g/mol. The van der Waals surface area contributed by atoms with Gasteiger partial charge in [-0.2, -0.15) is 0 Å². The van der Waals surface area contributed by atoms with Gasteiger partial charge in [-0.05, 0) is 89.8 Å². The number of methoxy groups -OCH3 is 1. The van der Waals surface area contributed by atoms with Crippen LogP contribution in [-0.2, 0) is 28.0 Å². The Morgan fingerprint density at radius 3 is 2.57 bits per heavy atom. The molecule has 0 aromatic heterocycles. The molecule has 5 heteroatoms. The maximum absolute atomic E-state index is 14.9. The Bertz CT molecular complexity index is 1360. The molecule has 2 aliphatic carbocycles. The van der Waals surface area contributed by atoms with Gasteiger partial charge in [0.15, 0.2) is 0 Å². The van der Waals surface area contributed by atoms with Crippen molar-refractivity contribution in [1.29, 1.82) is 0 Å². The number of fused-ring (bicyclic) bond motifs is 2. The molecule has 0 heterocycles. The molecule has 5 rings (SSSR count). The molecule has 3 atom stereocenters. The molecule has 3 aromatic rings. The molecule has 0 amide bonds. The standard InChI is InChI=1S/C32H35FO4/c1-19-6-11-28(33)24(14-19)23-10-7-20(15-25(23)29(36-5)31(2,3)4)18-37-22-9-8-21-12-13-32(26(21)16-22)17-27(32)30(34)35/h6-11,14-16,27,29H,12-13,17-18H2,1-5H3,(H,34,35)/t27-,29+,32-/m0/s1. The zero-order valence-electron chi connectivity index (χ0n) is 22.2. The number of hydrogen-bond donors (Lipinski definition) is 1. The number of carboxylic acids is 1. The highest BCUT2D eigenvalue weighted by atomic mass is 19.1. The van der Waals surface area contributed by atoms with E-state index >= 15 is 0 Å². The minimum Gasteiger partial charge on any atom is -0.489 e. The first-order valence-corrected chi connectivity index (χ1v) is 12.9. The highest BCUT2D eigenvalue weighted by molar-refractivity contribution is 5.78. The lowest BCUT2D eigenvalue weighted by Crippen LogP contribution is -2.21. The second-order valence-electron chi connectivity index (χ2n) is 11.7. The van der Waals surface area contributed by atoms with E-state index in [1.807, 2.05) is 37.3 Å². The van der Waals surface area contributed by atoms with E-state index in [1.54, 1.807) is 13.2 Å². The van der Waals surface area contributed by atoms with Crippen LogP contribution in [0.15, 0.2) is 54.6 Å². The number of carboxylic acid groups (broad SMARTS) is 1. The number of aliphatic carboxylic acids is 1. The van der Waals surface area contributed by atoms with Crippen molar-refractivity contribution >= 4 is 5.97 Å². The van der Waals surface area contributed by atoms with Gasteiger partial charge in [-0.15, -0.1) is 0 Å². The molecule has 3 aromatic carbocycles. The Morgan fingerprint density at radius 1 is 1.11 bits per heavy atom. The fraction of sp³-hybridized carbons (Fsp3) is 0.406. The Hall–Kier alpha value is -3.18. The van der Waals surface area contributed by atoms with Gasteiger partial charge in [0.25, 0.3) is 0 Å². The van der Waals surface area contributed by atoms with Gasteiger partial charge in [-0.3, -0.25) is 4.79 Å². The van der Waals surface area contributed by atoms with Crippen LogP contribution in [0, 0.1) is 24.1 Å². The molecule has 0 bridgehead atoms. The zero-order valence-corrected chi connectivity index (χ0v) is 22.2. The van der Waals surface area contributed by atoms with Crippen LogP contribution in [0.3, 0.4) is 0 Å². The van der Waals surface area contributed by atoms with E-state index in [2.05, 4.69) is 32.9 Å². The van der Waals surface area contributed by atoms with Crippen LogP contribution in [0.25, 0.3) is 11.1 Å². The first kappa shape index (κ1) is 25.5. The molecule has 0 aliphatic heterocycles. The smallest absolute Gasteiger partial charge is 0.307 e. The molecule has 1 spiro atoms. The second kappa shape index (κ2) is 9.29. The molecule has 194 valence electrons. The predicted molar refractivity (Wildman–Crippen MR) is 142 cm³/mol. The van der Waals surface area contributed by atoms with Crippen molar-refractivity contribution in [1.82, 2.24) is 0 Å². The van der Waals surface area contributed by atoms with Crippen LogP contribution in [0.4, 0.5) is 4.39 Å². The summed E-state index contributed by atoms with van der Waals surface area (Å²) >= 11 is 0. The molecular weight excluding hydrogens is 467 g/mol. The Kier molecular flexibility index (Phi) is 6.39. The quantitative estimate of drug-likeness (QED) is 0.366. The van der Waals surface area contributed by atoms with Crippen LogP contribution < -0.4 is 4.74 Å². The van der Waals surface area contributed by atoms with Crippen molar-refractivity contribution in [3.63, 3.8) is 0 Å². The summed E-state index contributed by atoms with van der Waals surface area (Å²) in [6.07, 6.45) is 2.29. The number of ether oxygens (including phenoxy) is 2. The maximum Gasteiger partial charge on any atom is 0.307 e. The predicted octanol–water partition coefficient (Wildman–Crippen LogP) is 7.40. The van der Waals surface area contributed by atoms with E-state index in [-0.39, 0.29) is 28.7 Å². The molecule has 1 N–H and O–H groups in total. The third-order valence-electron chi connectivity index (χ3n) is 8.07. The van der Waals surface area contributed by atoms with Gasteiger partial charge in [0.05, 0.1) is 12.0 Å². The lowest BCUT2D eigenvalue weighted by molar-refractivity contribution is -0.139. The van der Waals surface area contributed by atoms with E-state index in [0.29, 0.717) is 18.6 Å². The Labute approximate surface area is 218 Å². The first-order valence-electron chi connectivity index (χ1n) is 12.9. The topological polar surface area (TPSA) is 55.8 Å². The normalized spacial score (nSPS) is 21.1.